The molecule has 2 atom stereocenters. The van der Waals surface area contributed by atoms with Gasteiger partial charge >= 0.3 is 0 Å². The van der Waals surface area contributed by atoms with Gasteiger partial charge in [0.2, 0.25) is 0 Å². The fourth-order valence-corrected chi connectivity index (χ4v) is 6.69. The van der Waals surface area contributed by atoms with Gasteiger partial charge in [-0.05, 0) is 92.0 Å². The van der Waals surface area contributed by atoms with E-state index in [0.29, 0.717) is 18.1 Å². The Morgan fingerprint density at radius 1 is 0.865 bits per heavy atom. The molecule has 2 aromatic carbocycles. The molecule has 0 amide bonds. The summed E-state index contributed by atoms with van der Waals surface area (Å²) in [4.78, 5) is 12.7. The quantitative estimate of drug-likeness (QED) is 0.289. The van der Waals surface area contributed by atoms with Crippen molar-refractivity contribution in [3.8, 4) is 22.9 Å². The fourth-order valence-electron chi connectivity index (χ4n) is 6.69. The summed E-state index contributed by atoms with van der Waals surface area (Å²) in [5, 5.41) is 10.2. The van der Waals surface area contributed by atoms with Crippen LogP contribution in [0, 0.1) is 28.6 Å². The number of ketones is 1. The molecule has 1 unspecified atom stereocenters. The lowest BCUT2D eigenvalue weighted by Gasteiger charge is -2.43. The van der Waals surface area contributed by atoms with E-state index in [9.17, 15) is 10.1 Å². The summed E-state index contributed by atoms with van der Waals surface area (Å²) in [5.74, 6) is 2.36. The second-order valence-electron chi connectivity index (χ2n) is 11.5. The molecule has 0 saturated heterocycles. The van der Waals surface area contributed by atoms with Gasteiger partial charge in [-0.15, -0.1) is 0 Å². The van der Waals surface area contributed by atoms with Crippen LogP contribution in [0.25, 0.3) is 11.1 Å². The Kier molecular flexibility index (Phi) is 9.84. The third kappa shape index (κ3) is 6.84. The highest BCUT2D eigenvalue weighted by atomic mass is 16.5. The van der Waals surface area contributed by atoms with E-state index >= 15 is 0 Å². The summed E-state index contributed by atoms with van der Waals surface area (Å²) in [5.41, 5.74) is 3.51. The summed E-state index contributed by atoms with van der Waals surface area (Å²) in [6.07, 6.45) is 13.6. The molecule has 2 aromatic rings. The number of benzene rings is 2. The molecule has 0 spiro atoms. The number of nitrogens with zero attached hydrogens (tertiary/aromatic N) is 1. The van der Waals surface area contributed by atoms with Crippen LogP contribution in [0.2, 0.25) is 0 Å². The molecular weight excluding hydrogens is 454 g/mol. The minimum Gasteiger partial charge on any atom is -0.494 e. The predicted octanol–water partition coefficient (Wildman–Crippen LogP) is 9.27. The van der Waals surface area contributed by atoms with E-state index in [0.717, 1.165) is 70.1 Å². The molecule has 0 aromatic heterocycles. The van der Waals surface area contributed by atoms with Gasteiger partial charge in [-0.3, -0.25) is 4.79 Å². The smallest absolute Gasteiger partial charge is 0.136 e. The molecule has 0 N–H and O–H groups in total. The highest BCUT2D eigenvalue weighted by molar-refractivity contribution is 5.82. The van der Waals surface area contributed by atoms with E-state index in [-0.39, 0.29) is 17.3 Å². The Morgan fingerprint density at radius 2 is 1.54 bits per heavy atom. The molecule has 37 heavy (non-hydrogen) atoms. The van der Waals surface area contributed by atoms with Crippen molar-refractivity contribution < 1.29 is 9.53 Å². The van der Waals surface area contributed by atoms with E-state index in [1.165, 1.54) is 36.0 Å². The van der Waals surface area contributed by atoms with Crippen molar-refractivity contribution in [2.75, 3.05) is 6.61 Å². The monoisotopic (exact) mass is 499 g/mol. The third-order valence-electron chi connectivity index (χ3n) is 9.12. The molecule has 0 bridgehead atoms. The van der Waals surface area contributed by atoms with E-state index in [2.05, 4.69) is 68.4 Å². The van der Waals surface area contributed by atoms with Crippen molar-refractivity contribution >= 4 is 5.78 Å². The van der Waals surface area contributed by atoms with E-state index < -0.39 is 0 Å². The van der Waals surface area contributed by atoms with Gasteiger partial charge < -0.3 is 4.74 Å². The van der Waals surface area contributed by atoms with Gasteiger partial charge in [-0.1, -0.05) is 75.9 Å². The predicted molar refractivity (Wildman–Crippen MR) is 152 cm³/mol. The van der Waals surface area contributed by atoms with Gasteiger partial charge in [-0.2, -0.15) is 5.26 Å². The number of ether oxygens (including phenoxy) is 1. The van der Waals surface area contributed by atoms with Crippen molar-refractivity contribution in [1.82, 2.24) is 0 Å². The van der Waals surface area contributed by atoms with Crippen LogP contribution in [-0.4, -0.2) is 12.4 Å². The van der Waals surface area contributed by atoms with Gasteiger partial charge in [0.05, 0.1) is 18.1 Å². The second-order valence-corrected chi connectivity index (χ2v) is 11.5. The van der Waals surface area contributed by atoms with Crippen LogP contribution in [0.15, 0.2) is 48.5 Å². The van der Waals surface area contributed by atoms with Gasteiger partial charge in [-0.25, -0.2) is 0 Å². The Bertz CT molecular complexity index is 1020. The summed E-state index contributed by atoms with van der Waals surface area (Å²) < 4.78 is 5.89. The molecule has 198 valence electrons. The zero-order valence-electron chi connectivity index (χ0n) is 23.0. The van der Waals surface area contributed by atoms with Crippen LogP contribution in [0.3, 0.4) is 0 Å². The highest BCUT2D eigenvalue weighted by Crippen LogP contribution is 2.51. The number of carbonyl (C=O) groups is 1. The molecule has 3 nitrogen and oxygen atoms in total. The van der Waals surface area contributed by atoms with E-state index in [1.807, 2.05) is 0 Å². The average Bonchev–Trinajstić information content (AvgIpc) is 2.95. The van der Waals surface area contributed by atoms with E-state index in [1.54, 1.807) is 0 Å². The maximum atomic E-state index is 12.7. The molecule has 2 fully saturated rings. The third-order valence-corrected chi connectivity index (χ3v) is 9.12. The molecule has 3 heteroatoms. The van der Waals surface area contributed by atoms with Crippen molar-refractivity contribution in [2.45, 2.75) is 103 Å². The average molecular weight is 500 g/mol. The molecular formula is C34H45NO2. The standard InChI is InChI=1S/C34H45NO2/c1-3-5-6-7-23-37-32-17-14-28(15-18-32)26-9-11-27(12-10-26)29-19-21-34(25-35,22-20-29)31-16-13-30(8-4-2)33(36)24-31/h9-12,14-15,17-18,29-31H,3-8,13,16,19-24H2,1-2H3/t29?,30-,31?,34?/m1/s1. The number of hydrogen-bond donors (Lipinski definition) is 0. The highest BCUT2D eigenvalue weighted by Gasteiger charge is 2.45. The largest absolute Gasteiger partial charge is 0.494 e. The number of unbranched alkanes of at least 4 members (excludes halogenated alkanes) is 3. The van der Waals surface area contributed by atoms with Crippen LogP contribution in [0.1, 0.15) is 109 Å². The lowest BCUT2D eigenvalue weighted by molar-refractivity contribution is -0.128. The first-order chi connectivity index (χ1) is 18.1. The van der Waals surface area contributed by atoms with Crippen LogP contribution in [0.4, 0.5) is 0 Å². The number of carbonyl (C=O) groups excluding carboxylic acids is 1. The van der Waals surface area contributed by atoms with Gasteiger partial charge in [0.25, 0.3) is 0 Å². The van der Waals surface area contributed by atoms with Crippen molar-refractivity contribution in [3.63, 3.8) is 0 Å². The second kappa shape index (κ2) is 13.3. The molecule has 0 aliphatic heterocycles. The fraction of sp³-hybridized carbons (Fsp3) is 0.588. The Morgan fingerprint density at radius 3 is 2.14 bits per heavy atom. The van der Waals surface area contributed by atoms with Gasteiger partial charge in [0.1, 0.15) is 11.5 Å². The maximum absolute atomic E-state index is 12.7. The molecule has 0 heterocycles. The molecule has 2 saturated carbocycles. The zero-order valence-corrected chi connectivity index (χ0v) is 23.0. The maximum Gasteiger partial charge on any atom is 0.136 e. The summed E-state index contributed by atoms with van der Waals surface area (Å²) >= 11 is 0. The summed E-state index contributed by atoms with van der Waals surface area (Å²) in [6.45, 7) is 5.18. The number of nitriles is 1. The molecule has 4 rings (SSSR count). The Balaban J connectivity index is 1.30. The number of hydrogen-bond acceptors (Lipinski definition) is 3. The minimum absolute atomic E-state index is 0.242. The van der Waals surface area contributed by atoms with Gasteiger partial charge in [0, 0.05) is 12.3 Å². The first-order valence-electron chi connectivity index (χ1n) is 14.9. The van der Waals surface area contributed by atoms with Gasteiger partial charge in [0.15, 0.2) is 0 Å². The minimum atomic E-state index is -0.302. The van der Waals surface area contributed by atoms with Crippen LogP contribution in [0.5, 0.6) is 5.75 Å². The molecule has 2 aliphatic carbocycles. The van der Waals surface area contributed by atoms with Crippen molar-refractivity contribution in [2.24, 2.45) is 17.3 Å². The first-order valence-corrected chi connectivity index (χ1v) is 14.9. The first kappa shape index (κ1) is 27.4. The van der Waals surface area contributed by atoms with Crippen LogP contribution in [-0.2, 0) is 4.79 Å². The van der Waals surface area contributed by atoms with Crippen molar-refractivity contribution in [1.29, 1.82) is 5.26 Å². The molecule has 0 radical (unpaired) electrons. The Hall–Kier alpha value is -2.60. The van der Waals surface area contributed by atoms with Crippen molar-refractivity contribution in [3.05, 3.63) is 54.1 Å². The summed E-state index contributed by atoms with van der Waals surface area (Å²) in [6, 6.07) is 20.2. The topological polar surface area (TPSA) is 50.1 Å². The zero-order chi connectivity index (χ0) is 26.1. The lowest BCUT2D eigenvalue weighted by atomic mass is 9.59. The number of Topliss-reactive ketones (excluding diaryl/α,β-unsaturated/α-hetero) is 1. The Labute approximate surface area is 224 Å². The van der Waals surface area contributed by atoms with E-state index in [4.69, 9.17) is 4.74 Å². The molecule has 2 aliphatic rings. The normalized spacial score (nSPS) is 26.0. The SMILES string of the molecule is CCCCCCOc1ccc(-c2ccc(C3CCC(C#N)(C4CC[C@@H](CCC)C(=O)C4)CC3)cc2)cc1. The number of rotatable bonds is 11. The van der Waals surface area contributed by atoms with Crippen LogP contribution < -0.4 is 4.74 Å². The summed E-state index contributed by atoms with van der Waals surface area (Å²) in [7, 11) is 0. The van der Waals surface area contributed by atoms with Crippen LogP contribution >= 0.6 is 0 Å². The lowest BCUT2D eigenvalue weighted by Crippen LogP contribution is -2.38.